The van der Waals surface area contributed by atoms with Crippen LogP contribution in [0.15, 0.2) is 119 Å². The lowest BCUT2D eigenvalue weighted by Gasteiger charge is -2.35. The summed E-state index contributed by atoms with van der Waals surface area (Å²) in [5.74, 6) is 0.218. The number of phenolic OH excluding ortho intramolecular Hbond substituents is 2. The lowest BCUT2D eigenvalue weighted by molar-refractivity contribution is 0.283. The van der Waals surface area contributed by atoms with Crippen LogP contribution in [-0.4, -0.2) is 58.5 Å². The minimum atomic E-state index is -0.554. The van der Waals surface area contributed by atoms with E-state index in [4.69, 9.17) is 20.4 Å². The summed E-state index contributed by atoms with van der Waals surface area (Å²) in [5.41, 5.74) is 9.98. The van der Waals surface area contributed by atoms with Gasteiger partial charge in [-0.3, -0.25) is 18.3 Å². The highest BCUT2D eigenvalue weighted by Gasteiger charge is 2.36. The highest BCUT2D eigenvalue weighted by Crippen LogP contribution is 2.47. The summed E-state index contributed by atoms with van der Waals surface area (Å²) in [6.07, 6.45) is 2.27. The third-order valence-corrected chi connectivity index (χ3v) is 16.5. The molecular formula is C65H78N10O4. The van der Waals surface area contributed by atoms with Gasteiger partial charge in [-0.05, 0) is 99.6 Å². The molecule has 0 saturated heterocycles. The SMILES string of the molecule is Cn1c(=O)n(CCCn2c(=O)n(C)c3cc4nn(-c5cc(C(C)(C)CC(C)(C)C)cc(C(C)(C)c6ccccc6)c5O)nc4cc32)c2cc3nn(-c4cc(C(C)(C)CC(C)(C)C)cc(C(C)(C)c5ccccc5)c4O)nc3cc21. The fraction of sp³-hybridized carbons (Fsp3) is 0.415. The van der Waals surface area contributed by atoms with Crippen molar-refractivity contribution in [2.45, 2.75) is 151 Å². The monoisotopic (exact) mass is 1060 g/mol. The van der Waals surface area contributed by atoms with Gasteiger partial charge in [0.2, 0.25) is 0 Å². The first-order chi connectivity index (χ1) is 36.9. The summed E-state index contributed by atoms with van der Waals surface area (Å²) in [5, 5.41) is 44.5. The third-order valence-electron chi connectivity index (χ3n) is 16.5. The van der Waals surface area contributed by atoms with E-state index in [0.717, 1.165) is 46.2 Å². The zero-order valence-electron chi connectivity index (χ0n) is 49.1. The number of phenols is 2. The van der Waals surface area contributed by atoms with Gasteiger partial charge in [0.05, 0.1) is 22.1 Å². The van der Waals surface area contributed by atoms with Crippen LogP contribution in [0.2, 0.25) is 0 Å². The zero-order chi connectivity index (χ0) is 57.1. The van der Waals surface area contributed by atoms with Crippen LogP contribution in [0.5, 0.6) is 11.5 Å². The second kappa shape index (κ2) is 19.0. The van der Waals surface area contributed by atoms with E-state index in [1.54, 1.807) is 32.4 Å². The normalized spacial score (nSPS) is 13.3. The van der Waals surface area contributed by atoms with Crippen LogP contribution < -0.4 is 11.4 Å². The third kappa shape index (κ3) is 9.86. The van der Waals surface area contributed by atoms with Gasteiger partial charge in [-0.1, -0.05) is 170 Å². The molecule has 0 saturated carbocycles. The van der Waals surface area contributed by atoms with E-state index in [1.807, 2.05) is 72.8 Å². The molecule has 6 aromatic carbocycles. The first-order valence-electron chi connectivity index (χ1n) is 27.7. The Bertz CT molecular complexity index is 3840. The van der Waals surface area contributed by atoms with E-state index in [-0.39, 0.29) is 44.5 Å². The maximum atomic E-state index is 14.0. The van der Waals surface area contributed by atoms with Crippen molar-refractivity contribution in [1.82, 2.24) is 48.3 Å². The average Bonchev–Trinajstić information content (AvgIpc) is 4.36. The number of fused-ring (bicyclic) bond motifs is 4. The Hall–Kier alpha value is -7.74. The maximum absolute atomic E-state index is 14.0. The molecule has 14 nitrogen and oxygen atoms in total. The smallest absolute Gasteiger partial charge is 0.328 e. The number of rotatable bonds is 14. The second-order valence-electron chi connectivity index (χ2n) is 27.0. The van der Waals surface area contributed by atoms with Crippen molar-refractivity contribution < 1.29 is 10.2 Å². The Morgan fingerprint density at radius 3 is 1.05 bits per heavy atom. The molecule has 412 valence electrons. The van der Waals surface area contributed by atoms with Crippen LogP contribution >= 0.6 is 0 Å². The average molecular weight is 1060 g/mol. The van der Waals surface area contributed by atoms with Crippen molar-refractivity contribution in [3.05, 3.63) is 164 Å². The fourth-order valence-corrected chi connectivity index (χ4v) is 12.8. The van der Waals surface area contributed by atoms with Crippen LogP contribution in [-0.2, 0) is 48.8 Å². The van der Waals surface area contributed by atoms with Gasteiger partial charge in [0, 0.05) is 49.1 Å². The van der Waals surface area contributed by atoms with E-state index in [9.17, 15) is 19.8 Å². The summed E-state index contributed by atoms with van der Waals surface area (Å²) in [7, 11) is 3.51. The van der Waals surface area contributed by atoms with Gasteiger partial charge in [-0.2, -0.15) is 0 Å². The van der Waals surface area contributed by atoms with Crippen LogP contribution in [0, 0.1) is 10.8 Å². The largest absolute Gasteiger partial charge is 0.505 e. The number of aryl methyl sites for hydroxylation is 4. The van der Waals surface area contributed by atoms with Crippen molar-refractivity contribution in [3.63, 3.8) is 0 Å². The van der Waals surface area contributed by atoms with E-state index in [2.05, 4.69) is 133 Å². The van der Waals surface area contributed by atoms with Crippen LogP contribution in [0.25, 0.3) is 55.5 Å². The molecule has 0 aliphatic carbocycles. The highest BCUT2D eigenvalue weighted by atomic mass is 16.3. The predicted molar refractivity (Wildman–Crippen MR) is 318 cm³/mol. The number of aromatic nitrogens is 10. The predicted octanol–water partition coefficient (Wildman–Crippen LogP) is 13.0. The van der Waals surface area contributed by atoms with Gasteiger partial charge in [0.15, 0.2) is 0 Å². The number of aromatic hydroxyl groups is 2. The van der Waals surface area contributed by atoms with E-state index in [0.29, 0.717) is 75.0 Å². The van der Waals surface area contributed by atoms with Gasteiger partial charge in [0.1, 0.15) is 44.9 Å². The summed E-state index contributed by atoms with van der Waals surface area (Å²) in [4.78, 5) is 31.1. The van der Waals surface area contributed by atoms with Crippen molar-refractivity contribution in [3.8, 4) is 22.9 Å². The van der Waals surface area contributed by atoms with Crippen LogP contribution in [0.3, 0.4) is 0 Å². The van der Waals surface area contributed by atoms with Gasteiger partial charge in [-0.15, -0.1) is 30.0 Å². The van der Waals surface area contributed by atoms with Gasteiger partial charge in [0.25, 0.3) is 0 Å². The molecule has 0 spiro atoms. The molecule has 0 aliphatic rings. The van der Waals surface area contributed by atoms with Crippen molar-refractivity contribution in [1.29, 1.82) is 0 Å². The number of hydrogen-bond acceptors (Lipinski definition) is 8. The summed E-state index contributed by atoms with van der Waals surface area (Å²) in [6.45, 7) is 31.7. The molecule has 10 rings (SSSR count). The minimum Gasteiger partial charge on any atom is -0.505 e. The zero-order valence-corrected chi connectivity index (χ0v) is 49.1. The Balaban J connectivity index is 0.989. The quantitative estimate of drug-likeness (QED) is 0.109. The van der Waals surface area contributed by atoms with Crippen LogP contribution in [0.1, 0.15) is 150 Å². The van der Waals surface area contributed by atoms with Crippen molar-refractivity contribution in [2.75, 3.05) is 0 Å². The molecule has 0 radical (unpaired) electrons. The molecule has 0 fully saturated rings. The van der Waals surface area contributed by atoms with Gasteiger partial charge >= 0.3 is 11.4 Å². The molecule has 0 bridgehead atoms. The molecule has 0 atom stereocenters. The fourth-order valence-electron chi connectivity index (χ4n) is 12.8. The summed E-state index contributed by atoms with van der Waals surface area (Å²) < 4.78 is 6.71. The minimum absolute atomic E-state index is 0.0440. The maximum Gasteiger partial charge on any atom is 0.328 e. The lowest BCUT2D eigenvalue weighted by Crippen LogP contribution is -2.27. The lowest BCUT2D eigenvalue weighted by atomic mass is 9.70. The molecule has 4 heterocycles. The first-order valence-corrected chi connectivity index (χ1v) is 27.7. The number of nitrogens with zero attached hydrogens (tertiary/aromatic N) is 10. The number of imidazole rings is 2. The van der Waals surface area contributed by atoms with E-state index >= 15 is 0 Å². The molecule has 4 aromatic heterocycles. The molecule has 2 N–H and O–H groups in total. The molecule has 10 aromatic rings. The molecule has 79 heavy (non-hydrogen) atoms. The van der Waals surface area contributed by atoms with Crippen molar-refractivity contribution >= 4 is 44.1 Å². The molecule has 0 unspecified atom stereocenters. The Morgan fingerprint density at radius 2 is 0.734 bits per heavy atom. The highest BCUT2D eigenvalue weighted by molar-refractivity contribution is 5.92. The Morgan fingerprint density at radius 1 is 0.418 bits per heavy atom. The molecular weight excluding hydrogens is 985 g/mol. The number of benzene rings is 6. The Labute approximate surface area is 462 Å². The summed E-state index contributed by atoms with van der Waals surface area (Å²) in [6, 6.07) is 36.3. The van der Waals surface area contributed by atoms with E-state index in [1.165, 1.54) is 9.59 Å². The standard InChI is InChI=1S/C65H78N10O4/c1-60(2,3)38-62(7,8)42-30-44(64(11,12)40-24-19-17-20-25-40)56(76)54(32-42)74-66-46-34-50-52(36-48(46)68-74)72(58(78)70(50)15)28-23-29-73-53-37-49-47(35-51(53)71(16)59(73)79)67-75(69-49)55-33-43(63(9,10)39-61(4,5)6)31-45(57(55)77)65(13,14)41-26-21-18-22-27-41/h17-22,24-27,30-37,76-77H,23,28-29,38-39H2,1-16H3. The topological polar surface area (TPSA) is 156 Å². The molecule has 14 heteroatoms. The van der Waals surface area contributed by atoms with Crippen molar-refractivity contribution in [2.24, 2.45) is 24.9 Å². The van der Waals surface area contributed by atoms with E-state index < -0.39 is 10.8 Å². The van der Waals surface area contributed by atoms with Gasteiger partial charge < -0.3 is 10.2 Å². The van der Waals surface area contributed by atoms with Crippen LogP contribution in [0.4, 0.5) is 0 Å². The summed E-state index contributed by atoms with van der Waals surface area (Å²) >= 11 is 0. The molecule has 0 amide bonds. The molecule has 0 aliphatic heterocycles. The number of hydrogen-bond donors (Lipinski definition) is 2. The van der Waals surface area contributed by atoms with Gasteiger partial charge in [-0.25, -0.2) is 9.59 Å². The Kier molecular flexibility index (Phi) is 13.1. The second-order valence-corrected chi connectivity index (χ2v) is 27.0. The first kappa shape index (κ1) is 54.6.